The molecule has 2 heterocycles. The quantitative estimate of drug-likeness (QED) is 0.605. The number of rotatable bonds is 4. The molecule has 0 bridgehead atoms. The van der Waals surface area contributed by atoms with Gasteiger partial charge in [-0.1, -0.05) is 42.5 Å². The van der Waals surface area contributed by atoms with E-state index in [0.29, 0.717) is 5.56 Å². The molecule has 2 aliphatic heterocycles. The Morgan fingerprint density at radius 2 is 1.69 bits per heavy atom. The van der Waals surface area contributed by atoms with E-state index >= 15 is 0 Å². The molecule has 32 heavy (non-hydrogen) atoms. The highest BCUT2D eigenvalue weighted by atomic mass is 16.4. The van der Waals surface area contributed by atoms with E-state index in [1.54, 1.807) is 6.07 Å². The van der Waals surface area contributed by atoms with Crippen molar-refractivity contribution in [3.8, 4) is 0 Å². The number of carboxylic acids is 1. The molecule has 0 spiro atoms. The van der Waals surface area contributed by atoms with Crippen LogP contribution in [0.2, 0.25) is 0 Å². The fraction of sp³-hybridized carbons (Fsp3) is 0.296. The third-order valence-corrected chi connectivity index (χ3v) is 6.78. The van der Waals surface area contributed by atoms with Gasteiger partial charge in [-0.3, -0.25) is 0 Å². The monoisotopic (exact) mass is 427 g/mol. The smallest absolute Gasteiger partial charge is 0.337 e. The summed E-state index contributed by atoms with van der Waals surface area (Å²) in [6.45, 7) is 6.16. The van der Waals surface area contributed by atoms with Crippen molar-refractivity contribution in [2.75, 3.05) is 41.3 Å². The van der Waals surface area contributed by atoms with E-state index in [1.807, 2.05) is 12.1 Å². The molecule has 1 fully saturated rings. The number of anilines is 3. The number of aryl methyl sites for hydroxylation is 2. The predicted octanol–water partition coefficient (Wildman–Crippen LogP) is 5.12. The van der Waals surface area contributed by atoms with Crippen LogP contribution in [-0.4, -0.2) is 37.3 Å². The molecule has 164 valence electrons. The second kappa shape index (κ2) is 8.58. The lowest BCUT2D eigenvalue weighted by Crippen LogP contribution is -2.46. The highest BCUT2D eigenvalue weighted by molar-refractivity contribution is 5.95. The summed E-state index contributed by atoms with van der Waals surface area (Å²) in [5.74, 6) is -0.879. The Bertz CT molecular complexity index is 1140. The molecule has 0 radical (unpaired) electrons. The average Bonchev–Trinajstić information content (AvgIpc) is 2.84. The molecule has 1 unspecified atom stereocenters. The van der Waals surface area contributed by atoms with Gasteiger partial charge in [0.1, 0.15) is 0 Å². The minimum atomic E-state index is -0.879. The van der Waals surface area contributed by atoms with E-state index < -0.39 is 5.97 Å². The van der Waals surface area contributed by atoms with Gasteiger partial charge in [0.2, 0.25) is 0 Å². The Hall–Kier alpha value is -3.47. The van der Waals surface area contributed by atoms with Crippen LogP contribution in [0.4, 0.5) is 17.1 Å². The molecule has 0 saturated carbocycles. The first-order valence-corrected chi connectivity index (χ1v) is 11.4. The summed E-state index contributed by atoms with van der Waals surface area (Å²) < 4.78 is 0. The van der Waals surface area contributed by atoms with Gasteiger partial charge in [0.15, 0.2) is 0 Å². The second-order valence-corrected chi connectivity index (χ2v) is 8.74. The number of nitrogens with one attached hydrogen (secondary N) is 1. The summed E-state index contributed by atoms with van der Waals surface area (Å²) in [5.41, 5.74) is 7.34. The Morgan fingerprint density at radius 3 is 2.47 bits per heavy atom. The number of carbonyl (C=O) groups is 1. The molecule has 0 aliphatic carbocycles. The largest absolute Gasteiger partial charge is 0.478 e. The van der Waals surface area contributed by atoms with E-state index in [1.165, 1.54) is 22.5 Å². The highest BCUT2D eigenvalue weighted by Gasteiger charge is 2.25. The fourth-order valence-corrected chi connectivity index (χ4v) is 5.02. The standard InChI is InChI=1S/C27H29N3O2/c1-19-6-2-3-11-25(19)30-16-14-29(15-17-30)22-9-4-8-21(18-22)24-13-12-20-7-5-10-23(27(31)32)26(20)28-24/h2-11,18,24,28H,12-17H2,1H3,(H,31,32). The molecule has 2 aliphatic rings. The number of piperazine rings is 1. The summed E-state index contributed by atoms with van der Waals surface area (Å²) in [7, 11) is 0. The number of carboxylic acid groups (broad SMARTS) is 1. The van der Waals surface area contributed by atoms with Crippen LogP contribution in [0.3, 0.4) is 0 Å². The number of benzene rings is 3. The maximum atomic E-state index is 11.7. The number of nitrogens with zero attached hydrogens (tertiary/aromatic N) is 2. The summed E-state index contributed by atoms with van der Waals surface area (Å²) >= 11 is 0. The zero-order valence-corrected chi connectivity index (χ0v) is 18.4. The maximum absolute atomic E-state index is 11.7. The molecule has 3 aromatic rings. The lowest BCUT2D eigenvalue weighted by atomic mass is 9.91. The van der Waals surface area contributed by atoms with E-state index in [4.69, 9.17) is 0 Å². The Morgan fingerprint density at radius 1 is 0.938 bits per heavy atom. The molecule has 0 amide bonds. The second-order valence-electron chi connectivity index (χ2n) is 8.74. The van der Waals surface area contributed by atoms with Gasteiger partial charge in [-0.2, -0.15) is 0 Å². The van der Waals surface area contributed by atoms with Crippen molar-refractivity contribution in [2.45, 2.75) is 25.8 Å². The van der Waals surface area contributed by atoms with Crippen molar-refractivity contribution in [1.82, 2.24) is 0 Å². The van der Waals surface area contributed by atoms with Crippen LogP contribution in [0.15, 0.2) is 66.7 Å². The lowest BCUT2D eigenvalue weighted by molar-refractivity contribution is 0.0697. The third-order valence-electron chi connectivity index (χ3n) is 6.78. The number of para-hydroxylation sites is 2. The van der Waals surface area contributed by atoms with Crippen LogP contribution in [0.25, 0.3) is 0 Å². The third kappa shape index (κ3) is 3.91. The van der Waals surface area contributed by atoms with Gasteiger partial charge in [-0.25, -0.2) is 4.79 Å². The van der Waals surface area contributed by atoms with E-state index in [0.717, 1.165) is 50.3 Å². The first-order valence-electron chi connectivity index (χ1n) is 11.4. The molecule has 5 nitrogen and oxygen atoms in total. The SMILES string of the molecule is Cc1ccccc1N1CCN(c2cccc(C3CCc4cccc(C(=O)O)c4N3)c2)CC1. The molecule has 5 rings (SSSR count). The summed E-state index contributed by atoms with van der Waals surface area (Å²) in [4.78, 5) is 16.6. The molecule has 0 aromatic heterocycles. The van der Waals surface area contributed by atoms with Gasteiger partial charge in [0.05, 0.1) is 17.3 Å². The zero-order chi connectivity index (χ0) is 22.1. The van der Waals surface area contributed by atoms with Crippen LogP contribution in [0.5, 0.6) is 0 Å². The molecular weight excluding hydrogens is 398 g/mol. The van der Waals surface area contributed by atoms with Gasteiger partial charge >= 0.3 is 5.97 Å². The van der Waals surface area contributed by atoms with Crippen molar-refractivity contribution in [3.05, 3.63) is 89.0 Å². The van der Waals surface area contributed by atoms with Crippen molar-refractivity contribution in [2.24, 2.45) is 0 Å². The minimum absolute atomic E-state index is 0.121. The van der Waals surface area contributed by atoms with Gasteiger partial charge in [0, 0.05) is 37.6 Å². The van der Waals surface area contributed by atoms with Crippen LogP contribution >= 0.6 is 0 Å². The molecular formula is C27H29N3O2. The Balaban J connectivity index is 1.31. The lowest BCUT2D eigenvalue weighted by Gasteiger charge is -2.38. The summed E-state index contributed by atoms with van der Waals surface area (Å²) in [5, 5.41) is 13.1. The van der Waals surface area contributed by atoms with Gasteiger partial charge in [-0.05, 0) is 60.7 Å². The number of aromatic carboxylic acids is 1. The first kappa shape index (κ1) is 20.4. The Labute approximate surface area is 189 Å². The van der Waals surface area contributed by atoms with Crippen molar-refractivity contribution < 1.29 is 9.90 Å². The number of fused-ring (bicyclic) bond motifs is 1. The number of hydrogen-bond donors (Lipinski definition) is 2. The van der Waals surface area contributed by atoms with E-state index in [9.17, 15) is 9.90 Å². The van der Waals surface area contributed by atoms with Gasteiger partial charge in [-0.15, -0.1) is 0 Å². The predicted molar refractivity (Wildman–Crippen MR) is 130 cm³/mol. The van der Waals surface area contributed by atoms with Crippen molar-refractivity contribution in [3.63, 3.8) is 0 Å². The van der Waals surface area contributed by atoms with Gasteiger partial charge in [0.25, 0.3) is 0 Å². The molecule has 5 heteroatoms. The molecule has 1 saturated heterocycles. The van der Waals surface area contributed by atoms with Crippen molar-refractivity contribution in [1.29, 1.82) is 0 Å². The summed E-state index contributed by atoms with van der Waals surface area (Å²) in [6.07, 6.45) is 1.84. The van der Waals surface area contributed by atoms with Crippen molar-refractivity contribution >= 4 is 23.0 Å². The molecule has 3 aromatic carbocycles. The molecule has 2 N–H and O–H groups in total. The van der Waals surface area contributed by atoms with Crippen LogP contribution in [0.1, 0.15) is 39.5 Å². The Kier molecular flexibility index (Phi) is 5.48. The van der Waals surface area contributed by atoms with Gasteiger partial charge < -0.3 is 20.2 Å². The maximum Gasteiger partial charge on any atom is 0.337 e. The van der Waals surface area contributed by atoms with E-state index in [2.05, 4.69) is 70.6 Å². The van der Waals surface area contributed by atoms with Crippen LogP contribution in [0, 0.1) is 6.92 Å². The van der Waals surface area contributed by atoms with Crippen LogP contribution in [-0.2, 0) is 6.42 Å². The minimum Gasteiger partial charge on any atom is -0.478 e. The van der Waals surface area contributed by atoms with E-state index in [-0.39, 0.29) is 6.04 Å². The molecule has 1 atom stereocenters. The fourth-order valence-electron chi connectivity index (χ4n) is 5.02. The van der Waals surface area contributed by atoms with Crippen LogP contribution < -0.4 is 15.1 Å². The zero-order valence-electron chi connectivity index (χ0n) is 18.4. The highest BCUT2D eigenvalue weighted by Crippen LogP contribution is 2.36. The number of hydrogen-bond acceptors (Lipinski definition) is 4. The average molecular weight is 428 g/mol. The summed E-state index contributed by atoms with van der Waals surface area (Å²) in [6, 6.07) is 23.0. The normalized spacial score (nSPS) is 18.1. The first-order chi connectivity index (χ1) is 15.6. The topological polar surface area (TPSA) is 55.8 Å².